The summed E-state index contributed by atoms with van der Waals surface area (Å²) in [5, 5.41) is 19.4. The minimum atomic E-state index is -1.10. The summed E-state index contributed by atoms with van der Waals surface area (Å²) in [6.45, 7) is 3.74. The lowest BCUT2D eigenvalue weighted by Crippen LogP contribution is -2.05. The van der Waals surface area contributed by atoms with E-state index in [2.05, 4.69) is 0 Å². The summed E-state index contributed by atoms with van der Waals surface area (Å²) in [5.41, 5.74) is 2.49. The van der Waals surface area contributed by atoms with Gasteiger partial charge in [-0.05, 0) is 19.4 Å². The van der Waals surface area contributed by atoms with Crippen molar-refractivity contribution < 1.29 is 19.4 Å². The molecular formula is C13H14O4. The van der Waals surface area contributed by atoms with Crippen molar-refractivity contribution in [3.8, 4) is 0 Å². The number of benzene rings is 1. The van der Waals surface area contributed by atoms with Gasteiger partial charge in [0, 0.05) is 10.9 Å². The Bertz CT molecular complexity index is 568. The number of para-hydroxylation sites is 1. The number of fused-ring (bicyclic) bond motifs is 1. The zero-order valence-electron chi connectivity index (χ0n) is 9.73. The third kappa shape index (κ3) is 2.03. The summed E-state index contributed by atoms with van der Waals surface area (Å²) >= 11 is 0. The number of hydrogen-bond donors (Lipinski definition) is 2. The largest absolute Gasteiger partial charge is 0.481 e. The number of carboxylic acids is 1. The normalized spacial score (nSPS) is 12.9. The first kappa shape index (κ1) is 11.7. The Balaban J connectivity index is 2.52. The third-order valence-corrected chi connectivity index (χ3v) is 2.87. The van der Waals surface area contributed by atoms with Crippen molar-refractivity contribution in [3.63, 3.8) is 0 Å². The molecule has 2 rings (SSSR count). The van der Waals surface area contributed by atoms with E-state index in [1.54, 1.807) is 0 Å². The molecule has 1 aromatic heterocycles. The zero-order valence-corrected chi connectivity index (χ0v) is 9.73. The van der Waals surface area contributed by atoms with Gasteiger partial charge in [0.25, 0.3) is 0 Å². The van der Waals surface area contributed by atoms with Gasteiger partial charge in [0.15, 0.2) is 0 Å². The highest BCUT2D eigenvalue weighted by Crippen LogP contribution is 2.32. The molecule has 4 heteroatoms. The molecule has 0 saturated heterocycles. The minimum Gasteiger partial charge on any atom is -0.481 e. The van der Waals surface area contributed by atoms with Crippen LogP contribution < -0.4 is 0 Å². The van der Waals surface area contributed by atoms with Gasteiger partial charge in [0.05, 0.1) is 6.42 Å². The molecule has 1 atom stereocenters. The van der Waals surface area contributed by atoms with Crippen LogP contribution in [0.4, 0.5) is 0 Å². The summed E-state index contributed by atoms with van der Waals surface area (Å²) in [5.74, 6) is -0.703. The highest BCUT2D eigenvalue weighted by molar-refractivity contribution is 5.84. The standard InChI is InChI=1S/C13H14O4/c1-7-4-3-5-9-8(2)13(17-12(7)9)10(14)6-11(15)16/h3-5,10,14H,6H2,1-2H3,(H,15,16). The molecule has 1 aromatic carbocycles. The third-order valence-electron chi connectivity index (χ3n) is 2.87. The van der Waals surface area contributed by atoms with Crippen LogP contribution >= 0.6 is 0 Å². The van der Waals surface area contributed by atoms with E-state index in [9.17, 15) is 9.90 Å². The van der Waals surface area contributed by atoms with Gasteiger partial charge in [-0.3, -0.25) is 4.79 Å². The Labute approximate surface area is 98.5 Å². The predicted molar refractivity (Wildman–Crippen MR) is 62.9 cm³/mol. The van der Waals surface area contributed by atoms with E-state index in [0.29, 0.717) is 11.3 Å². The van der Waals surface area contributed by atoms with Crippen LogP contribution in [-0.4, -0.2) is 16.2 Å². The first-order valence-corrected chi connectivity index (χ1v) is 5.39. The highest BCUT2D eigenvalue weighted by Gasteiger charge is 2.21. The van der Waals surface area contributed by atoms with E-state index in [1.165, 1.54) is 0 Å². The molecule has 0 bridgehead atoms. The van der Waals surface area contributed by atoms with Gasteiger partial charge < -0.3 is 14.6 Å². The van der Waals surface area contributed by atoms with Crippen molar-refractivity contribution in [2.24, 2.45) is 0 Å². The molecule has 0 spiro atoms. The van der Waals surface area contributed by atoms with E-state index >= 15 is 0 Å². The number of carbonyl (C=O) groups is 1. The first-order valence-electron chi connectivity index (χ1n) is 5.39. The quantitative estimate of drug-likeness (QED) is 0.856. The Morgan fingerprint density at radius 2 is 2.12 bits per heavy atom. The summed E-state index contributed by atoms with van der Waals surface area (Å²) < 4.78 is 5.58. The molecule has 0 aliphatic heterocycles. The second-order valence-corrected chi connectivity index (χ2v) is 4.16. The molecule has 0 aliphatic rings. The lowest BCUT2D eigenvalue weighted by Gasteiger charge is -2.04. The molecule has 4 nitrogen and oxygen atoms in total. The molecule has 0 radical (unpaired) electrons. The molecule has 0 saturated carbocycles. The van der Waals surface area contributed by atoms with Gasteiger partial charge in [-0.15, -0.1) is 0 Å². The van der Waals surface area contributed by atoms with Crippen LogP contribution in [0, 0.1) is 13.8 Å². The molecular weight excluding hydrogens is 220 g/mol. The molecule has 1 heterocycles. The zero-order chi connectivity index (χ0) is 12.6. The van der Waals surface area contributed by atoms with Crippen molar-refractivity contribution >= 4 is 16.9 Å². The molecule has 2 N–H and O–H groups in total. The Hall–Kier alpha value is -1.81. The fourth-order valence-corrected chi connectivity index (χ4v) is 1.98. The van der Waals surface area contributed by atoms with Crippen LogP contribution in [0.5, 0.6) is 0 Å². The number of aliphatic hydroxyl groups is 1. The minimum absolute atomic E-state index is 0.344. The van der Waals surface area contributed by atoms with Gasteiger partial charge in [-0.25, -0.2) is 0 Å². The van der Waals surface area contributed by atoms with Crippen LogP contribution in [0.1, 0.15) is 29.4 Å². The highest BCUT2D eigenvalue weighted by atomic mass is 16.4. The van der Waals surface area contributed by atoms with Crippen molar-refractivity contribution in [1.82, 2.24) is 0 Å². The molecule has 1 unspecified atom stereocenters. The SMILES string of the molecule is Cc1c(C(O)CC(=O)O)oc2c(C)cccc12. The van der Waals surface area contributed by atoms with Crippen LogP contribution in [0.25, 0.3) is 11.0 Å². The monoisotopic (exact) mass is 234 g/mol. The smallest absolute Gasteiger partial charge is 0.306 e. The van der Waals surface area contributed by atoms with Crippen molar-refractivity contribution in [2.75, 3.05) is 0 Å². The number of aliphatic carboxylic acids is 1. The maximum absolute atomic E-state index is 10.6. The molecule has 17 heavy (non-hydrogen) atoms. The average Bonchev–Trinajstić information content (AvgIpc) is 2.57. The summed E-state index contributed by atoms with van der Waals surface area (Å²) in [6, 6.07) is 5.73. The van der Waals surface area contributed by atoms with Gasteiger partial charge in [0.2, 0.25) is 0 Å². The second-order valence-electron chi connectivity index (χ2n) is 4.16. The number of aliphatic hydroxyl groups excluding tert-OH is 1. The van der Waals surface area contributed by atoms with Gasteiger partial charge >= 0.3 is 5.97 Å². The first-order chi connectivity index (χ1) is 8.00. The van der Waals surface area contributed by atoms with Crippen molar-refractivity contribution in [1.29, 1.82) is 0 Å². The van der Waals surface area contributed by atoms with Crippen LogP contribution in [0.3, 0.4) is 0 Å². The summed E-state index contributed by atoms with van der Waals surface area (Å²) in [7, 11) is 0. The maximum atomic E-state index is 10.6. The van der Waals surface area contributed by atoms with Crippen molar-refractivity contribution in [3.05, 3.63) is 35.1 Å². The van der Waals surface area contributed by atoms with E-state index in [1.807, 2.05) is 32.0 Å². The number of rotatable bonds is 3. The number of aryl methyl sites for hydroxylation is 2. The van der Waals surface area contributed by atoms with E-state index in [-0.39, 0.29) is 6.42 Å². The van der Waals surface area contributed by atoms with Crippen molar-refractivity contribution in [2.45, 2.75) is 26.4 Å². The Morgan fingerprint density at radius 3 is 2.71 bits per heavy atom. The Morgan fingerprint density at radius 1 is 1.41 bits per heavy atom. The molecule has 0 aliphatic carbocycles. The van der Waals surface area contributed by atoms with Crippen LogP contribution in [0.15, 0.2) is 22.6 Å². The molecule has 0 fully saturated rings. The lowest BCUT2D eigenvalue weighted by molar-refractivity contribution is -0.139. The molecule has 90 valence electrons. The maximum Gasteiger partial charge on any atom is 0.306 e. The average molecular weight is 234 g/mol. The van der Waals surface area contributed by atoms with Gasteiger partial charge in [-0.1, -0.05) is 18.2 Å². The van der Waals surface area contributed by atoms with Crippen LogP contribution in [-0.2, 0) is 4.79 Å². The summed E-state index contributed by atoms with van der Waals surface area (Å²) in [6.07, 6.45) is -1.45. The number of furan rings is 1. The number of hydrogen-bond acceptors (Lipinski definition) is 3. The fourth-order valence-electron chi connectivity index (χ4n) is 1.98. The fraction of sp³-hybridized carbons (Fsp3) is 0.308. The molecule has 2 aromatic rings. The van der Waals surface area contributed by atoms with Crippen LogP contribution in [0.2, 0.25) is 0 Å². The van der Waals surface area contributed by atoms with Gasteiger partial charge in [-0.2, -0.15) is 0 Å². The topological polar surface area (TPSA) is 70.7 Å². The van der Waals surface area contributed by atoms with E-state index < -0.39 is 12.1 Å². The number of carboxylic acid groups (broad SMARTS) is 1. The Kier molecular flexibility index (Phi) is 2.90. The van der Waals surface area contributed by atoms with E-state index in [0.717, 1.165) is 16.5 Å². The van der Waals surface area contributed by atoms with Gasteiger partial charge in [0.1, 0.15) is 17.4 Å². The summed E-state index contributed by atoms with van der Waals surface area (Å²) in [4.78, 5) is 10.6. The second kappa shape index (κ2) is 4.22. The molecule has 0 amide bonds. The predicted octanol–water partition coefficient (Wildman–Crippen LogP) is 2.56. The van der Waals surface area contributed by atoms with E-state index in [4.69, 9.17) is 9.52 Å². The lowest BCUT2D eigenvalue weighted by atomic mass is 10.1.